The highest BCUT2D eigenvalue weighted by Gasteiger charge is 2.32. The lowest BCUT2D eigenvalue weighted by Crippen LogP contribution is -2.49. The van der Waals surface area contributed by atoms with Crippen molar-refractivity contribution < 1.29 is 9.90 Å². The SMILES string of the molecule is C[C@](O)(CNC(=O)NCCc1c[nH]c2ccccc12)C1CCCCC1. The van der Waals surface area contributed by atoms with E-state index in [1.54, 1.807) is 0 Å². The lowest BCUT2D eigenvalue weighted by molar-refractivity contribution is -0.0130. The summed E-state index contributed by atoms with van der Waals surface area (Å²) in [6, 6.07) is 7.95. The maximum Gasteiger partial charge on any atom is 0.314 e. The zero-order chi connectivity index (χ0) is 17.7. The molecule has 1 saturated carbocycles. The van der Waals surface area contributed by atoms with Gasteiger partial charge in [0.15, 0.2) is 0 Å². The molecule has 5 heteroatoms. The van der Waals surface area contributed by atoms with Crippen LogP contribution in [0.2, 0.25) is 0 Å². The number of carbonyl (C=O) groups excluding carboxylic acids is 1. The minimum Gasteiger partial charge on any atom is -0.388 e. The van der Waals surface area contributed by atoms with Gasteiger partial charge in [0.2, 0.25) is 0 Å². The van der Waals surface area contributed by atoms with Crippen LogP contribution in [0.15, 0.2) is 30.5 Å². The Hall–Kier alpha value is -2.01. The average molecular weight is 343 g/mol. The van der Waals surface area contributed by atoms with Crippen LogP contribution in [-0.2, 0) is 6.42 Å². The first kappa shape index (κ1) is 17.8. The summed E-state index contributed by atoms with van der Waals surface area (Å²) in [7, 11) is 0. The van der Waals surface area contributed by atoms with E-state index in [-0.39, 0.29) is 11.9 Å². The summed E-state index contributed by atoms with van der Waals surface area (Å²) in [5.74, 6) is 0.285. The highest BCUT2D eigenvalue weighted by Crippen LogP contribution is 2.32. The highest BCUT2D eigenvalue weighted by atomic mass is 16.3. The van der Waals surface area contributed by atoms with Crippen LogP contribution in [0.5, 0.6) is 0 Å². The number of H-pyrrole nitrogens is 1. The van der Waals surface area contributed by atoms with Gasteiger partial charge in [0.05, 0.1) is 5.60 Å². The van der Waals surface area contributed by atoms with Gasteiger partial charge >= 0.3 is 6.03 Å². The number of aliphatic hydroxyl groups is 1. The van der Waals surface area contributed by atoms with Gasteiger partial charge in [-0.15, -0.1) is 0 Å². The van der Waals surface area contributed by atoms with Gasteiger partial charge in [0, 0.05) is 30.2 Å². The van der Waals surface area contributed by atoms with Crippen molar-refractivity contribution in [3.8, 4) is 0 Å². The molecule has 3 rings (SSSR count). The summed E-state index contributed by atoms with van der Waals surface area (Å²) >= 11 is 0. The zero-order valence-corrected chi connectivity index (χ0v) is 15.0. The summed E-state index contributed by atoms with van der Waals surface area (Å²) < 4.78 is 0. The second-order valence-electron chi connectivity index (χ2n) is 7.41. The molecule has 25 heavy (non-hydrogen) atoms. The predicted octanol–water partition coefficient (Wildman–Crippen LogP) is 3.34. The molecule has 0 radical (unpaired) electrons. The Bertz CT molecular complexity index is 702. The van der Waals surface area contributed by atoms with Gasteiger partial charge in [-0.2, -0.15) is 0 Å². The Morgan fingerprint density at radius 2 is 2.00 bits per heavy atom. The maximum atomic E-state index is 12.0. The molecule has 0 unspecified atom stereocenters. The standard InChI is InChI=1S/C20H29N3O2/c1-20(25,16-7-3-2-4-8-16)14-23-19(24)21-12-11-15-13-22-18-10-6-5-9-17(15)18/h5-6,9-10,13,16,22,25H,2-4,7-8,11-12,14H2,1H3,(H2,21,23,24)/t20-/m0/s1. The Kier molecular flexibility index (Phi) is 5.63. The van der Waals surface area contributed by atoms with E-state index < -0.39 is 5.60 Å². The molecule has 0 saturated heterocycles. The molecule has 1 aliphatic carbocycles. The van der Waals surface area contributed by atoms with E-state index in [0.717, 1.165) is 24.8 Å². The van der Waals surface area contributed by atoms with E-state index in [1.165, 1.54) is 30.2 Å². The van der Waals surface area contributed by atoms with Gasteiger partial charge < -0.3 is 20.7 Å². The zero-order valence-electron chi connectivity index (χ0n) is 15.0. The molecular formula is C20H29N3O2. The average Bonchev–Trinajstić information content (AvgIpc) is 3.04. The second kappa shape index (κ2) is 7.91. The number of aromatic amines is 1. The number of rotatable bonds is 6. The monoisotopic (exact) mass is 343 g/mol. The summed E-state index contributed by atoms with van der Waals surface area (Å²) in [6.07, 6.45) is 8.49. The first-order chi connectivity index (χ1) is 12.1. The largest absolute Gasteiger partial charge is 0.388 e. The molecule has 1 aromatic heterocycles. The van der Waals surface area contributed by atoms with E-state index >= 15 is 0 Å². The number of benzene rings is 1. The number of carbonyl (C=O) groups is 1. The summed E-state index contributed by atoms with van der Waals surface area (Å²) in [5, 5.41) is 17.6. The number of hydrogen-bond donors (Lipinski definition) is 4. The second-order valence-corrected chi connectivity index (χ2v) is 7.41. The molecule has 1 aromatic carbocycles. The molecule has 136 valence electrons. The molecule has 1 heterocycles. The lowest BCUT2D eigenvalue weighted by Gasteiger charge is -2.35. The molecule has 0 bridgehead atoms. The van der Waals surface area contributed by atoms with Crippen molar-refractivity contribution >= 4 is 16.9 Å². The minimum atomic E-state index is -0.825. The first-order valence-corrected chi connectivity index (χ1v) is 9.35. The van der Waals surface area contributed by atoms with Crippen LogP contribution in [0.25, 0.3) is 10.9 Å². The van der Waals surface area contributed by atoms with E-state index in [4.69, 9.17) is 0 Å². The van der Waals surface area contributed by atoms with Crippen LogP contribution in [-0.4, -0.2) is 34.8 Å². The predicted molar refractivity (Wildman–Crippen MR) is 101 cm³/mol. The summed E-state index contributed by atoms with van der Waals surface area (Å²) in [5.41, 5.74) is 1.49. The van der Waals surface area contributed by atoms with Crippen molar-refractivity contribution in [3.05, 3.63) is 36.0 Å². The molecule has 1 fully saturated rings. The Labute approximate surface area is 149 Å². The van der Waals surface area contributed by atoms with Crippen LogP contribution in [0.1, 0.15) is 44.6 Å². The van der Waals surface area contributed by atoms with Gasteiger partial charge in [0.25, 0.3) is 0 Å². The van der Waals surface area contributed by atoms with Crippen molar-refractivity contribution in [2.45, 2.75) is 51.0 Å². The Morgan fingerprint density at radius 1 is 1.24 bits per heavy atom. The van der Waals surface area contributed by atoms with Crippen LogP contribution in [0, 0.1) is 5.92 Å². The number of amides is 2. The lowest BCUT2D eigenvalue weighted by atomic mass is 9.78. The van der Waals surface area contributed by atoms with Crippen LogP contribution >= 0.6 is 0 Å². The minimum absolute atomic E-state index is 0.212. The Balaban J connectivity index is 1.42. The molecule has 1 aliphatic rings. The number of nitrogens with one attached hydrogen (secondary N) is 3. The fourth-order valence-electron chi connectivity index (χ4n) is 3.84. The molecule has 4 N–H and O–H groups in total. The maximum absolute atomic E-state index is 12.0. The van der Waals surface area contributed by atoms with Crippen LogP contribution < -0.4 is 10.6 Å². The van der Waals surface area contributed by atoms with Crippen molar-refractivity contribution in [1.29, 1.82) is 0 Å². The summed E-state index contributed by atoms with van der Waals surface area (Å²) in [6.45, 7) is 2.71. The van der Waals surface area contributed by atoms with Crippen molar-refractivity contribution in [2.24, 2.45) is 5.92 Å². The number of aromatic nitrogens is 1. The molecule has 1 atom stereocenters. The number of para-hydroxylation sites is 1. The van der Waals surface area contributed by atoms with Crippen molar-refractivity contribution in [3.63, 3.8) is 0 Å². The fraction of sp³-hybridized carbons (Fsp3) is 0.550. The van der Waals surface area contributed by atoms with Gasteiger partial charge in [-0.3, -0.25) is 0 Å². The van der Waals surface area contributed by atoms with E-state index in [1.807, 2.05) is 31.3 Å². The molecule has 2 amide bonds. The first-order valence-electron chi connectivity index (χ1n) is 9.35. The van der Waals surface area contributed by atoms with Gasteiger partial charge in [-0.1, -0.05) is 37.5 Å². The van der Waals surface area contributed by atoms with Crippen LogP contribution in [0.3, 0.4) is 0 Å². The number of hydrogen-bond acceptors (Lipinski definition) is 2. The molecule has 0 aliphatic heterocycles. The molecular weight excluding hydrogens is 314 g/mol. The normalized spacial score (nSPS) is 18.0. The number of urea groups is 1. The van der Waals surface area contributed by atoms with E-state index in [9.17, 15) is 9.90 Å². The molecule has 0 spiro atoms. The van der Waals surface area contributed by atoms with Crippen molar-refractivity contribution in [1.82, 2.24) is 15.6 Å². The smallest absolute Gasteiger partial charge is 0.314 e. The fourth-order valence-corrected chi connectivity index (χ4v) is 3.84. The Morgan fingerprint density at radius 3 is 2.80 bits per heavy atom. The third-order valence-electron chi connectivity index (χ3n) is 5.45. The van der Waals surface area contributed by atoms with E-state index in [2.05, 4.69) is 21.7 Å². The third-order valence-corrected chi connectivity index (χ3v) is 5.45. The van der Waals surface area contributed by atoms with E-state index in [0.29, 0.717) is 13.1 Å². The molecule has 2 aromatic rings. The van der Waals surface area contributed by atoms with Crippen molar-refractivity contribution in [2.75, 3.05) is 13.1 Å². The molecule has 5 nitrogen and oxygen atoms in total. The van der Waals surface area contributed by atoms with Gasteiger partial charge in [-0.25, -0.2) is 4.79 Å². The van der Waals surface area contributed by atoms with Gasteiger partial charge in [-0.05, 0) is 43.7 Å². The highest BCUT2D eigenvalue weighted by molar-refractivity contribution is 5.83. The number of fused-ring (bicyclic) bond motifs is 1. The van der Waals surface area contributed by atoms with Crippen LogP contribution in [0.4, 0.5) is 4.79 Å². The van der Waals surface area contributed by atoms with Gasteiger partial charge in [0.1, 0.15) is 0 Å². The third kappa shape index (κ3) is 4.54. The topological polar surface area (TPSA) is 77.2 Å². The quantitative estimate of drug-likeness (QED) is 0.649. The summed E-state index contributed by atoms with van der Waals surface area (Å²) in [4.78, 5) is 15.3.